The maximum atomic E-state index is 6.20. The lowest BCUT2D eigenvalue weighted by Gasteiger charge is -2.32. The van der Waals surface area contributed by atoms with Gasteiger partial charge in [-0.1, -0.05) is 41.6 Å². The van der Waals surface area contributed by atoms with E-state index in [-0.39, 0.29) is 6.10 Å². The molecule has 172 valence electrons. The van der Waals surface area contributed by atoms with E-state index in [1.54, 1.807) is 12.4 Å². The normalized spacial score (nSPS) is 14.9. The molecule has 0 atom stereocenters. The van der Waals surface area contributed by atoms with Gasteiger partial charge in [0, 0.05) is 38.3 Å². The number of anilines is 1. The van der Waals surface area contributed by atoms with Crippen molar-refractivity contribution in [3.63, 3.8) is 0 Å². The zero-order valence-corrected chi connectivity index (χ0v) is 19.3. The average molecular weight is 455 g/mol. The maximum Gasteiger partial charge on any atom is 0.258 e. The standard InChI is InChI=1S/C26H26N6O2/c1-18-24(33-23-10-14-32(15-11-23)26-27-12-5-13-28-26)29-17-30-25(18)34-31-19(2)21-9-8-20-6-3-4-7-22(20)16-21/h3-9,12-13,16-17,23H,10-11,14-15H2,1-2H3. The molecule has 1 aliphatic rings. The zero-order chi connectivity index (χ0) is 23.3. The van der Waals surface area contributed by atoms with Crippen molar-refractivity contribution < 1.29 is 9.57 Å². The van der Waals surface area contributed by atoms with Crippen LogP contribution in [0.25, 0.3) is 10.8 Å². The van der Waals surface area contributed by atoms with Gasteiger partial charge in [0.15, 0.2) is 0 Å². The van der Waals surface area contributed by atoms with Gasteiger partial charge < -0.3 is 14.5 Å². The quantitative estimate of drug-likeness (QED) is 0.311. The van der Waals surface area contributed by atoms with Crippen LogP contribution in [0.15, 0.2) is 72.4 Å². The van der Waals surface area contributed by atoms with Gasteiger partial charge in [-0.25, -0.2) is 15.0 Å². The molecule has 0 amide bonds. The summed E-state index contributed by atoms with van der Waals surface area (Å²) in [4.78, 5) is 25.1. The van der Waals surface area contributed by atoms with E-state index in [2.05, 4.69) is 54.3 Å². The SMILES string of the molecule is CC(=NOc1ncnc(OC2CCN(c3ncccn3)CC2)c1C)c1ccc2ccccc2c1. The van der Waals surface area contributed by atoms with E-state index in [1.807, 2.05) is 38.1 Å². The Balaban J connectivity index is 1.23. The first-order valence-electron chi connectivity index (χ1n) is 11.4. The van der Waals surface area contributed by atoms with Gasteiger partial charge in [0.25, 0.3) is 5.88 Å². The fourth-order valence-corrected chi connectivity index (χ4v) is 3.99. The molecule has 5 rings (SSSR count). The van der Waals surface area contributed by atoms with Crippen LogP contribution < -0.4 is 14.5 Å². The van der Waals surface area contributed by atoms with Gasteiger partial charge in [-0.05, 0) is 42.3 Å². The zero-order valence-electron chi connectivity index (χ0n) is 19.3. The van der Waals surface area contributed by atoms with Crippen LogP contribution in [-0.4, -0.2) is 44.8 Å². The van der Waals surface area contributed by atoms with Crippen molar-refractivity contribution in [1.29, 1.82) is 0 Å². The Labute approximate surface area is 198 Å². The Bertz CT molecular complexity index is 1300. The maximum absolute atomic E-state index is 6.20. The first kappa shape index (κ1) is 21.8. The van der Waals surface area contributed by atoms with Crippen LogP contribution >= 0.6 is 0 Å². The molecule has 0 spiro atoms. The highest BCUT2D eigenvalue weighted by molar-refractivity contribution is 6.01. The van der Waals surface area contributed by atoms with E-state index < -0.39 is 0 Å². The Morgan fingerprint density at radius 2 is 1.65 bits per heavy atom. The number of aromatic nitrogens is 4. The van der Waals surface area contributed by atoms with E-state index in [9.17, 15) is 0 Å². The smallest absolute Gasteiger partial charge is 0.258 e. The highest BCUT2D eigenvalue weighted by Gasteiger charge is 2.23. The Hall–Kier alpha value is -4.07. The van der Waals surface area contributed by atoms with Gasteiger partial charge in [0.1, 0.15) is 12.4 Å². The van der Waals surface area contributed by atoms with E-state index in [4.69, 9.17) is 9.57 Å². The Morgan fingerprint density at radius 3 is 2.44 bits per heavy atom. The first-order chi connectivity index (χ1) is 16.7. The Kier molecular flexibility index (Phi) is 6.29. The fourth-order valence-electron chi connectivity index (χ4n) is 3.99. The van der Waals surface area contributed by atoms with Crippen molar-refractivity contribution in [2.45, 2.75) is 32.8 Å². The summed E-state index contributed by atoms with van der Waals surface area (Å²) in [6.45, 7) is 5.47. The van der Waals surface area contributed by atoms with Crippen LogP contribution in [0.4, 0.5) is 5.95 Å². The third-order valence-corrected chi connectivity index (χ3v) is 5.98. The molecule has 0 aliphatic carbocycles. The molecule has 3 heterocycles. The van der Waals surface area contributed by atoms with E-state index in [0.717, 1.165) is 54.1 Å². The van der Waals surface area contributed by atoms with Crippen molar-refractivity contribution in [2.24, 2.45) is 5.16 Å². The van der Waals surface area contributed by atoms with Crippen LogP contribution in [0, 0.1) is 6.92 Å². The third-order valence-electron chi connectivity index (χ3n) is 5.98. The molecule has 8 heteroatoms. The van der Waals surface area contributed by atoms with Crippen molar-refractivity contribution >= 4 is 22.4 Å². The first-order valence-corrected chi connectivity index (χ1v) is 11.4. The van der Waals surface area contributed by atoms with E-state index >= 15 is 0 Å². The van der Waals surface area contributed by atoms with Crippen molar-refractivity contribution in [1.82, 2.24) is 19.9 Å². The second-order valence-electron chi connectivity index (χ2n) is 8.29. The molecule has 0 unspecified atom stereocenters. The van der Waals surface area contributed by atoms with Crippen LogP contribution in [0.5, 0.6) is 11.8 Å². The summed E-state index contributed by atoms with van der Waals surface area (Å²) in [7, 11) is 0. The highest BCUT2D eigenvalue weighted by atomic mass is 16.6. The minimum absolute atomic E-state index is 0.0595. The number of rotatable bonds is 6. The topological polar surface area (TPSA) is 85.6 Å². The molecule has 1 aliphatic heterocycles. The van der Waals surface area contributed by atoms with Gasteiger partial charge in [0.2, 0.25) is 11.8 Å². The number of piperidine rings is 1. The summed E-state index contributed by atoms with van der Waals surface area (Å²) >= 11 is 0. The molecular weight excluding hydrogens is 428 g/mol. The van der Waals surface area contributed by atoms with Gasteiger partial charge in [-0.3, -0.25) is 0 Å². The molecule has 34 heavy (non-hydrogen) atoms. The van der Waals surface area contributed by atoms with Crippen LogP contribution in [-0.2, 0) is 0 Å². The summed E-state index contributed by atoms with van der Waals surface area (Å²) < 4.78 is 6.20. The number of nitrogens with zero attached hydrogens (tertiary/aromatic N) is 6. The molecule has 2 aromatic carbocycles. The lowest BCUT2D eigenvalue weighted by Crippen LogP contribution is -2.39. The lowest BCUT2D eigenvalue weighted by atomic mass is 10.0. The van der Waals surface area contributed by atoms with Crippen LogP contribution in [0.3, 0.4) is 0 Å². The second kappa shape index (κ2) is 9.82. The van der Waals surface area contributed by atoms with E-state index in [0.29, 0.717) is 11.8 Å². The second-order valence-corrected chi connectivity index (χ2v) is 8.29. The molecule has 0 saturated carbocycles. The summed E-state index contributed by atoms with van der Waals surface area (Å²) in [5, 5.41) is 6.66. The monoisotopic (exact) mass is 454 g/mol. The Morgan fingerprint density at radius 1 is 0.912 bits per heavy atom. The minimum atomic E-state index is 0.0595. The molecule has 2 aromatic heterocycles. The molecule has 1 saturated heterocycles. The third kappa shape index (κ3) is 4.80. The molecule has 0 bridgehead atoms. The largest absolute Gasteiger partial charge is 0.474 e. The van der Waals surface area contributed by atoms with Crippen molar-refractivity contribution in [2.75, 3.05) is 18.0 Å². The van der Waals surface area contributed by atoms with Gasteiger partial charge in [0.05, 0.1) is 11.3 Å². The van der Waals surface area contributed by atoms with Crippen molar-refractivity contribution in [3.05, 3.63) is 78.4 Å². The van der Waals surface area contributed by atoms with Crippen LogP contribution in [0.2, 0.25) is 0 Å². The van der Waals surface area contributed by atoms with Crippen molar-refractivity contribution in [3.8, 4) is 11.8 Å². The van der Waals surface area contributed by atoms with Crippen LogP contribution in [0.1, 0.15) is 30.9 Å². The lowest BCUT2D eigenvalue weighted by molar-refractivity contribution is 0.160. The summed E-state index contributed by atoms with van der Waals surface area (Å²) in [6.07, 6.45) is 6.76. The average Bonchev–Trinajstić information content (AvgIpc) is 2.89. The minimum Gasteiger partial charge on any atom is -0.474 e. The summed E-state index contributed by atoms with van der Waals surface area (Å²) in [5.74, 6) is 1.67. The molecule has 8 nitrogen and oxygen atoms in total. The highest BCUT2D eigenvalue weighted by Crippen LogP contribution is 2.26. The number of hydrogen-bond donors (Lipinski definition) is 0. The number of hydrogen-bond acceptors (Lipinski definition) is 8. The fraction of sp³-hybridized carbons (Fsp3) is 0.269. The molecule has 0 N–H and O–H groups in total. The summed E-state index contributed by atoms with van der Waals surface area (Å²) in [5.41, 5.74) is 2.49. The van der Waals surface area contributed by atoms with Gasteiger partial charge in [-0.2, -0.15) is 4.98 Å². The van der Waals surface area contributed by atoms with Gasteiger partial charge in [-0.15, -0.1) is 0 Å². The molecule has 4 aromatic rings. The number of benzene rings is 2. The molecule has 0 radical (unpaired) electrons. The number of ether oxygens (including phenoxy) is 1. The number of fused-ring (bicyclic) bond motifs is 1. The molecular formula is C26H26N6O2. The van der Waals surface area contributed by atoms with E-state index in [1.165, 1.54) is 11.7 Å². The molecule has 1 fully saturated rings. The predicted octanol–water partition coefficient (Wildman–Crippen LogP) is 4.58. The summed E-state index contributed by atoms with van der Waals surface area (Å²) in [6, 6.07) is 16.3. The number of oxime groups is 1. The van der Waals surface area contributed by atoms with Gasteiger partial charge >= 0.3 is 0 Å². The predicted molar refractivity (Wildman–Crippen MR) is 131 cm³/mol.